The van der Waals surface area contributed by atoms with E-state index in [1.807, 2.05) is 26.8 Å². The van der Waals surface area contributed by atoms with Crippen LogP contribution in [-0.2, 0) is 4.74 Å². The number of hydrogen-bond donors (Lipinski definition) is 2. The van der Waals surface area contributed by atoms with E-state index in [9.17, 15) is 4.79 Å². The van der Waals surface area contributed by atoms with Crippen molar-refractivity contribution in [2.75, 3.05) is 44.7 Å². The van der Waals surface area contributed by atoms with Crippen molar-refractivity contribution in [1.82, 2.24) is 25.5 Å². The number of nitrogens with one attached hydrogen (secondary N) is 2. The molecule has 2 rings (SSSR count). The van der Waals surface area contributed by atoms with Gasteiger partial charge in [-0.05, 0) is 32.8 Å². The molecular formula is C20H35N7O2. The van der Waals surface area contributed by atoms with E-state index in [0.29, 0.717) is 6.54 Å². The van der Waals surface area contributed by atoms with E-state index in [1.54, 1.807) is 19.4 Å². The molecule has 2 N–H and O–H groups in total. The minimum Gasteiger partial charge on any atom is -0.444 e. The Morgan fingerprint density at radius 3 is 2.34 bits per heavy atom. The van der Waals surface area contributed by atoms with Gasteiger partial charge in [0.15, 0.2) is 5.96 Å². The molecule has 1 saturated heterocycles. The van der Waals surface area contributed by atoms with E-state index in [0.717, 1.165) is 38.1 Å². The Morgan fingerprint density at radius 1 is 1.21 bits per heavy atom. The number of carbonyl (C=O) groups is 1. The van der Waals surface area contributed by atoms with Gasteiger partial charge < -0.3 is 25.2 Å². The summed E-state index contributed by atoms with van der Waals surface area (Å²) >= 11 is 0. The second-order valence-corrected chi connectivity index (χ2v) is 8.45. The quantitative estimate of drug-likeness (QED) is 0.569. The lowest BCUT2D eigenvalue weighted by Gasteiger charge is -2.37. The van der Waals surface area contributed by atoms with Crippen LogP contribution >= 0.6 is 0 Å². The summed E-state index contributed by atoms with van der Waals surface area (Å²) in [4.78, 5) is 29.6. The van der Waals surface area contributed by atoms with Gasteiger partial charge in [-0.1, -0.05) is 13.8 Å². The highest BCUT2D eigenvalue weighted by atomic mass is 16.6. The largest absolute Gasteiger partial charge is 0.444 e. The van der Waals surface area contributed by atoms with Crippen LogP contribution in [0.3, 0.4) is 0 Å². The summed E-state index contributed by atoms with van der Waals surface area (Å²) in [6.07, 6.45) is 3.13. The Hall–Kier alpha value is -2.58. The smallest absolute Gasteiger partial charge is 0.407 e. The van der Waals surface area contributed by atoms with Crippen LogP contribution in [0.2, 0.25) is 0 Å². The van der Waals surface area contributed by atoms with Crippen molar-refractivity contribution in [1.29, 1.82) is 0 Å². The monoisotopic (exact) mass is 405 g/mol. The molecule has 1 fully saturated rings. The van der Waals surface area contributed by atoms with Gasteiger partial charge in [0, 0.05) is 52.2 Å². The highest BCUT2D eigenvalue weighted by Crippen LogP contribution is 2.11. The third-order valence-electron chi connectivity index (χ3n) is 4.61. The summed E-state index contributed by atoms with van der Waals surface area (Å²) in [5.74, 6) is 1.84. The van der Waals surface area contributed by atoms with Gasteiger partial charge in [-0.2, -0.15) is 0 Å². The number of anilines is 1. The fourth-order valence-corrected chi connectivity index (χ4v) is 3.02. The second-order valence-electron chi connectivity index (χ2n) is 8.45. The fourth-order valence-electron chi connectivity index (χ4n) is 3.02. The molecular weight excluding hydrogens is 370 g/mol. The topological polar surface area (TPSA) is 95.0 Å². The lowest BCUT2D eigenvalue weighted by Crippen LogP contribution is -2.55. The van der Waals surface area contributed by atoms with Gasteiger partial charge >= 0.3 is 6.09 Å². The molecule has 1 aliphatic heterocycles. The maximum Gasteiger partial charge on any atom is 0.407 e. The Kier molecular flexibility index (Phi) is 8.04. The highest BCUT2D eigenvalue weighted by Gasteiger charge is 2.24. The van der Waals surface area contributed by atoms with Crippen molar-refractivity contribution < 1.29 is 9.53 Å². The molecule has 0 radical (unpaired) electrons. The van der Waals surface area contributed by atoms with Crippen molar-refractivity contribution in [3.8, 4) is 0 Å². The molecule has 2 heterocycles. The molecule has 1 aromatic rings. The number of piperazine rings is 1. The first kappa shape index (κ1) is 22.7. The van der Waals surface area contributed by atoms with Crippen LogP contribution in [-0.4, -0.2) is 78.3 Å². The van der Waals surface area contributed by atoms with Crippen LogP contribution in [0.5, 0.6) is 0 Å². The van der Waals surface area contributed by atoms with Gasteiger partial charge in [0.2, 0.25) is 5.95 Å². The number of hydrogen-bond acceptors (Lipinski definition) is 6. The number of ether oxygens (including phenoxy) is 1. The van der Waals surface area contributed by atoms with Crippen LogP contribution in [0.15, 0.2) is 23.5 Å². The number of aromatic nitrogens is 2. The Balaban J connectivity index is 1.86. The average Bonchev–Trinajstić information content (AvgIpc) is 2.67. The Labute approximate surface area is 173 Å². The molecule has 1 aliphatic rings. The van der Waals surface area contributed by atoms with Gasteiger partial charge in [-0.3, -0.25) is 4.99 Å². The third-order valence-corrected chi connectivity index (χ3v) is 4.61. The summed E-state index contributed by atoms with van der Waals surface area (Å²) < 4.78 is 5.39. The number of carbonyl (C=O) groups excluding carboxylic acids is 1. The van der Waals surface area contributed by atoms with E-state index in [1.165, 1.54) is 0 Å². The van der Waals surface area contributed by atoms with Gasteiger partial charge in [0.05, 0.1) is 6.04 Å². The molecule has 29 heavy (non-hydrogen) atoms. The SMILES string of the molecule is CN=C(NCC(NC(=O)OC(C)(C)C)C(C)C)N1CCN(c2ncccn2)CC1. The second kappa shape index (κ2) is 10.3. The third kappa shape index (κ3) is 7.40. The summed E-state index contributed by atoms with van der Waals surface area (Å²) in [5.41, 5.74) is -0.517. The summed E-state index contributed by atoms with van der Waals surface area (Å²) in [6, 6.07) is 1.75. The number of guanidine groups is 1. The molecule has 1 amide bonds. The predicted octanol–water partition coefficient (Wildman–Crippen LogP) is 1.72. The average molecular weight is 406 g/mol. The van der Waals surface area contributed by atoms with Gasteiger partial charge in [0.1, 0.15) is 5.60 Å². The zero-order chi connectivity index (χ0) is 21.4. The fraction of sp³-hybridized carbons (Fsp3) is 0.700. The normalized spacial score (nSPS) is 16.6. The number of alkyl carbamates (subject to hydrolysis) is 1. The molecule has 9 nitrogen and oxygen atoms in total. The summed E-state index contributed by atoms with van der Waals surface area (Å²) in [7, 11) is 1.78. The predicted molar refractivity (Wildman–Crippen MR) is 115 cm³/mol. The lowest BCUT2D eigenvalue weighted by molar-refractivity contribution is 0.0491. The first-order valence-electron chi connectivity index (χ1n) is 10.2. The Morgan fingerprint density at radius 2 is 1.83 bits per heavy atom. The van der Waals surface area contributed by atoms with E-state index >= 15 is 0 Å². The van der Waals surface area contributed by atoms with Crippen molar-refractivity contribution in [3.05, 3.63) is 18.5 Å². The van der Waals surface area contributed by atoms with Crippen molar-refractivity contribution in [2.45, 2.75) is 46.3 Å². The maximum atomic E-state index is 12.1. The highest BCUT2D eigenvalue weighted by molar-refractivity contribution is 5.80. The lowest BCUT2D eigenvalue weighted by atomic mass is 10.0. The first-order chi connectivity index (χ1) is 13.7. The van der Waals surface area contributed by atoms with Crippen LogP contribution in [0.1, 0.15) is 34.6 Å². The number of rotatable bonds is 5. The summed E-state index contributed by atoms with van der Waals surface area (Å²) in [6.45, 7) is 13.6. The molecule has 162 valence electrons. The first-order valence-corrected chi connectivity index (χ1v) is 10.2. The molecule has 0 bridgehead atoms. The van der Waals surface area contributed by atoms with Crippen LogP contribution in [0, 0.1) is 5.92 Å². The van der Waals surface area contributed by atoms with Crippen molar-refractivity contribution >= 4 is 18.0 Å². The van der Waals surface area contributed by atoms with E-state index in [-0.39, 0.29) is 12.0 Å². The molecule has 0 aliphatic carbocycles. The Bertz CT molecular complexity index is 665. The standard InChI is InChI=1S/C20H35N7O2/c1-15(2)16(25-19(28)29-20(3,4)5)14-24-17(21-6)26-10-12-27(13-11-26)18-22-8-7-9-23-18/h7-9,15-16H,10-14H2,1-6H3,(H,21,24)(H,25,28). The van der Waals surface area contributed by atoms with Crippen molar-refractivity contribution in [3.63, 3.8) is 0 Å². The molecule has 0 aromatic carbocycles. The van der Waals surface area contributed by atoms with Crippen LogP contribution in [0.25, 0.3) is 0 Å². The van der Waals surface area contributed by atoms with Crippen LogP contribution < -0.4 is 15.5 Å². The van der Waals surface area contributed by atoms with Crippen molar-refractivity contribution in [2.24, 2.45) is 10.9 Å². The number of nitrogens with zero attached hydrogens (tertiary/aromatic N) is 5. The number of amides is 1. The zero-order valence-electron chi connectivity index (χ0n) is 18.5. The maximum absolute atomic E-state index is 12.1. The molecule has 1 aromatic heterocycles. The van der Waals surface area contributed by atoms with Gasteiger partial charge in [-0.15, -0.1) is 0 Å². The number of aliphatic imine (C=N–C) groups is 1. The molecule has 9 heteroatoms. The zero-order valence-corrected chi connectivity index (χ0v) is 18.5. The molecule has 1 unspecified atom stereocenters. The van der Waals surface area contributed by atoms with E-state index < -0.39 is 11.7 Å². The van der Waals surface area contributed by atoms with E-state index in [2.05, 4.69) is 49.2 Å². The molecule has 0 saturated carbocycles. The summed E-state index contributed by atoms with van der Waals surface area (Å²) in [5, 5.41) is 6.36. The van der Waals surface area contributed by atoms with Gasteiger partial charge in [0.25, 0.3) is 0 Å². The molecule has 1 atom stereocenters. The van der Waals surface area contributed by atoms with E-state index in [4.69, 9.17) is 4.74 Å². The van der Waals surface area contributed by atoms with Crippen LogP contribution in [0.4, 0.5) is 10.7 Å². The molecule has 0 spiro atoms. The minimum atomic E-state index is -0.517. The van der Waals surface area contributed by atoms with Gasteiger partial charge in [-0.25, -0.2) is 14.8 Å². The minimum absolute atomic E-state index is 0.0689.